The Morgan fingerprint density at radius 2 is 2.25 bits per heavy atom. The number of morpholine rings is 1. The number of halogens is 2. The van der Waals surface area contributed by atoms with E-state index in [1.165, 1.54) is 6.07 Å². The summed E-state index contributed by atoms with van der Waals surface area (Å²) in [7, 11) is 0. The smallest absolute Gasteiger partial charge is 0.142 e. The number of benzene rings is 1. The van der Waals surface area contributed by atoms with Crippen LogP contribution in [0.1, 0.15) is 32.4 Å². The van der Waals surface area contributed by atoms with Gasteiger partial charge in [-0.2, -0.15) is 0 Å². The molecule has 1 aromatic carbocycles. The third kappa shape index (κ3) is 3.50. The SMILES string of the molecule is CC1CN(C(CN)c2ccc(Cl)c(F)c2)CC(C)(C)O1. The van der Waals surface area contributed by atoms with Gasteiger partial charge < -0.3 is 10.5 Å². The molecule has 1 aliphatic rings. The summed E-state index contributed by atoms with van der Waals surface area (Å²) in [6, 6.07) is 4.89. The van der Waals surface area contributed by atoms with Crippen LogP contribution in [0.5, 0.6) is 0 Å². The van der Waals surface area contributed by atoms with Crippen molar-refractivity contribution in [3.8, 4) is 0 Å². The summed E-state index contributed by atoms with van der Waals surface area (Å²) in [6.07, 6.45) is 0.130. The lowest BCUT2D eigenvalue weighted by molar-refractivity contribution is -0.137. The minimum absolute atomic E-state index is 0.0209. The predicted molar refractivity (Wildman–Crippen MR) is 79.4 cm³/mol. The molecule has 2 atom stereocenters. The highest BCUT2D eigenvalue weighted by Crippen LogP contribution is 2.29. The van der Waals surface area contributed by atoms with Gasteiger partial charge in [-0.25, -0.2) is 4.39 Å². The summed E-state index contributed by atoms with van der Waals surface area (Å²) < 4.78 is 19.6. The highest BCUT2D eigenvalue weighted by atomic mass is 35.5. The van der Waals surface area contributed by atoms with E-state index in [2.05, 4.69) is 18.7 Å². The normalized spacial score (nSPS) is 24.6. The van der Waals surface area contributed by atoms with Gasteiger partial charge in [-0.1, -0.05) is 17.7 Å². The van der Waals surface area contributed by atoms with Crippen LogP contribution >= 0.6 is 11.6 Å². The van der Waals surface area contributed by atoms with Crippen molar-refractivity contribution in [2.24, 2.45) is 5.73 Å². The molecule has 112 valence electrons. The van der Waals surface area contributed by atoms with E-state index in [4.69, 9.17) is 22.1 Å². The Kier molecular flexibility index (Phi) is 4.69. The molecule has 1 aliphatic heterocycles. The zero-order valence-corrected chi connectivity index (χ0v) is 13.0. The Bertz CT molecular complexity index is 481. The number of rotatable bonds is 3. The highest BCUT2D eigenvalue weighted by Gasteiger charge is 2.34. The van der Waals surface area contributed by atoms with Crippen molar-refractivity contribution in [2.75, 3.05) is 19.6 Å². The molecule has 1 fully saturated rings. The van der Waals surface area contributed by atoms with Crippen LogP contribution in [0.15, 0.2) is 18.2 Å². The second-order valence-electron chi connectivity index (χ2n) is 6.04. The molecule has 0 amide bonds. The molecule has 2 N–H and O–H groups in total. The van der Waals surface area contributed by atoms with E-state index in [1.54, 1.807) is 6.07 Å². The van der Waals surface area contributed by atoms with Crippen molar-refractivity contribution in [2.45, 2.75) is 38.5 Å². The minimum Gasteiger partial charge on any atom is -0.370 e. The Morgan fingerprint density at radius 1 is 1.55 bits per heavy atom. The van der Waals surface area contributed by atoms with Gasteiger partial charge in [0.2, 0.25) is 0 Å². The molecule has 0 saturated carbocycles. The molecule has 0 aliphatic carbocycles. The molecule has 3 nitrogen and oxygen atoms in total. The fraction of sp³-hybridized carbons (Fsp3) is 0.600. The molecule has 5 heteroatoms. The van der Waals surface area contributed by atoms with E-state index in [1.807, 2.05) is 13.0 Å². The third-order valence-electron chi connectivity index (χ3n) is 3.59. The Morgan fingerprint density at radius 3 is 2.80 bits per heavy atom. The summed E-state index contributed by atoms with van der Waals surface area (Å²) in [5, 5.41) is 0.139. The van der Waals surface area contributed by atoms with Gasteiger partial charge in [-0.05, 0) is 38.5 Å². The third-order valence-corrected chi connectivity index (χ3v) is 3.89. The van der Waals surface area contributed by atoms with E-state index in [0.29, 0.717) is 6.54 Å². The summed E-state index contributed by atoms with van der Waals surface area (Å²) >= 11 is 5.74. The maximum Gasteiger partial charge on any atom is 0.142 e. The van der Waals surface area contributed by atoms with Crippen LogP contribution in [-0.2, 0) is 4.74 Å². The molecule has 1 heterocycles. The van der Waals surface area contributed by atoms with Gasteiger partial charge in [0.15, 0.2) is 0 Å². The van der Waals surface area contributed by atoms with Crippen LogP contribution in [0.2, 0.25) is 5.02 Å². The van der Waals surface area contributed by atoms with Crippen molar-refractivity contribution < 1.29 is 9.13 Å². The van der Waals surface area contributed by atoms with Gasteiger partial charge >= 0.3 is 0 Å². The first kappa shape index (κ1) is 15.7. The maximum absolute atomic E-state index is 13.7. The first-order valence-electron chi connectivity index (χ1n) is 6.89. The number of hydrogen-bond acceptors (Lipinski definition) is 3. The molecule has 1 saturated heterocycles. The zero-order chi connectivity index (χ0) is 14.9. The standard InChI is InChI=1S/C15H22ClFN2O/c1-10-8-19(9-15(2,3)20-10)14(7-18)11-4-5-12(16)13(17)6-11/h4-6,10,14H,7-9,18H2,1-3H3. The van der Waals surface area contributed by atoms with Crippen molar-refractivity contribution >= 4 is 11.6 Å². The first-order valence-corrected chi connectivity index (χ1v) is 7.27. The summed E-state index contributed by atoms with van der Waals surface area (Å²) in [6.45, 7) is 8.16. The van der Waals surface area contributed by atoms with Crippen LogP contribution in [0.25, 0.3) is 0 Å². The van der Waals surface area contributed by atoms with Gasteiger partial charge in [0.25, 0.3) is 0 Å². The Labute approximate surface area is 124 Å². The average Bonchev–Trinajstić information content (AvgIpc) is 2.32. The number of nitrogens with two attached hydrogens (primary N) is 1. The second-order valence-corrected chi connectivity index (χ2v) is 6.45. The van der Waals surface area contributed by atoms with E-state index in [0.717, 1.165) is 18.7 Å². The van der Waals surface area contributed by atoms with Crippen LogP contribution in [0.3, 0.4) is 0 Å². The van der Waals surface area contributed by atoms with Crippen molar-refractivity contribution in [1.82, 2.24) is 4.90 Å². The first-order chi connectivity index (χ1) is 9.32. The summed E-state index contributed by atoms with van der Waals surface area (Å²) in [5.74, 6) is -0.400. The van der Waals surface area contributed by atoms with Crippen LogP contribution in [0.4, 0.5) is 4.39 Å². The molecular formula is C15H22ClFN2O. The summed E-state index contributed by atoms with van der Waals surface area (Å²) in [5.41, 5.74) is 6.55. The molecule has 1 aromatic rings. The van der Waals surface area contributed by atoms with Crippen LogP contribution in [-0.4, -0.2) is 36.2 Å². The minimum atomic E-state index is -0.400. The Balaban J connectivity index is 2.25. The quantitative estimate of drug-likeness (QED) is 0.932. The fourth-order valence-electron chi connectivity index (χ4n) is 2.96. The molecular weight excluding hydrogens is 279 g/mol. The summed E-state index contributed by atoms with van der Waals surface area (Å²) in [4.78, 5) is 2.26. The number of ether oxygens (including phenoxy) is 1. The molecule has 0 spiro atoms. The number of hydrogen-bond donors (Lipinski definition) is 1. The molecule has 2 unspecified atom stereocenters. The van der Waals surface area contributed by atoms with Gasteiger partial charge in [-0.15, -0.1) is 0 Å². The van der Waals surface area contributed by atoms with E-state index in [-0.39, 0.29) is 22.8 Å². The van der Waals surface area contributed by atoms with Crippen molar-refractivity contribution in [1.29, 1.82) is 0 Å². The van der Waals surface area contributed by atoms with Gasteiger partial charge in [0, 0.05) is 25.7 Å². The second kappa shape index (κ2) is 5.98. The Hall–Kier alpha value is -0.680. The molecule has 0 aromatic heterocycles. The topological polar surface area (TPSA) is 38.5 Å². The lowest BCUT2D eigenvalue weighted by Crippen LogP contribution is -2.53. The lowest BCUT2D eigenvalue weighted by atomic mass is 9.99. The maximum atomic E-state index is 13.7. The highest BCUT2D eigenvalue weighted by molar-refractivity contribution is 6.30. The van der Waals surface area contributed by atoms with Gasteiger partial charge in [-0.3, -0.25) is 4.90 Å². The number of nitrogens with zero attached hydrogens (tertiary/aromatic N) is 1. The van der Waals surface area contributed by atoms with Crippen LogP contribution < -0.4 is 5.73 Å². The fourth-order valence-corrected chi connectivity index (χ4v) is 3.07. The van der Waals surface area contributed by atoms with Gasteiger partial charge in [0.1, 0.15) is 5.82 Å². The molecule has 2 rings (SSSR count). The molecule has 0 bridgehead atoms. The monoisotopic (exact) mass is 300 g/mol. The lowest BCUT2D eigenvalue weighted by Gasteiger charge is -2.45. The van der Waals surface area contributed by atoms with Crippen LogP contribution in [0, 0.1) is 5.82 Å². The van der Waals surface area contributed by atoms with Crippen molar-refractivity contribution in [3.05, 3.63) is 34.6 Å². The molecule has 20 heavy (non-hydrogen) atoms. The largest absolute Gasteiger partial charge is 0.370 e. The van der Waals surface area contributed by atoms with E-state index in [9.17, 15) is 4.39 Å². The van der Waals surface area contributed by atoms with Gasteiger partial charge in [0.05, 0.1) is 16.7 Å². The van der Waals surface area contributed by atoms with E-state index < -0.39 is 5.82 Å². The predicted octanol–water partition coefficient (Wildman–Crippen LogP) is 2.98. The van der Waals surface area contributed by atoms with Crippen molar-refractivity contribution in [3.63, 3.8) is 0 Å². The molecule has 0 radical (unpaired) electrons. The average molecular weight is 301 g/mol. The zero-order valence-electron chi connectivity index (χ0n) is 12.2. The van der Waals surface area contributed by atoms with E-state index >= 15 is 0 Å².